The monoisotopic (exact) mass is 157 g/mol. The predicted octanol–water partition coefficient (Wildman–Crippen LogP) is 1.06. The minimum absolute atomic E-state index is 0.161. The molecule has 1 saturated carbocycles. The van der Waals surface area contributed by atoms with Crippen LogP contribution < -0.4 is 0 Å². The molecular weight excluding hydrogens is 146 g/mol. The highest BCUT2D eigenvalue weighted by molar-refractivity contribution is 7.84. The maximum Gasteiger partial charge on any atom is 0.0627 e. The van der Waals surface area contributed by atoms with Gasteiger partial charge >= 0.3 is 0 Å². The zero-order valence-corrected chi connectivity index (χ0v) is 6.91. The van der Waals surface area contributed by atoms with Crippen molar-refractivity contribution in [2.45, 2.75) is 19.3 Å². The van der Waals surface area contributed by atoms with Gasteiger partial charge in [-0.3, -0.25) is 4.21 Å². The van der Waals surface area contributed by atoms with Crippen molar-refractivity contribution < 1.29 is 4.21 Å². The summed E-state index contributed by atoms with van der Waals surface area (Å²) in [5.74, 6) is 0.723. The molecule has 0 N–H and O–H groups in total. The fourth-order valence-electron chi connectivity index (χ4n) is 1.15. The van der Waals surface area contributed by atoms with Crippen LogP contribution in [0.25, 0.3) is 0 Å². The van der Waals surface area contributed by atoms with E-state index in [1.807, 2.05) is 0 Å². The molecule has 1 aliphatic rings. The summed E-state index contributed by atoms with van der Waals surface area (Å²) in [5, 5.41) is 8.41. The molecular formula is C7H11NOS. The zero-order valence-electron chi connectivity index (χ0n) is 6.09. The maximum atomic E-state index is 10.8. The smallest absolute Gasteiger partial charge is 0.0627 e. The lowest BCUT2D eigenvalue weighted by molar-refractivity contribution is 0.589. The molecule has 0 saturated heterocycles. The van der Waals surface area contributed by atoms with Crippen LogP contribution in [0, 0.1) is 16.7 Å². The first kappa shape index (κ1) is 7.74. The summed E-state index contributed by atoms with van der Waals surface area (Å²) in [6, 6.07) is 2.14. The fraction of sp³-hybridized carbons (Fsp3) is 0.857. The van der Waals surface area contributed by atoms with Crippen LogP contribution in [0.2, 0.25) is 0 Å². The molecule has 0 heterocycles. The van der Waals surface area contributed by atoms with Gasteiger partial charge in [0.05, 0.1) is 6.07 Å². The first-order valence-electron chi connectivity index (χ1n) is 3.35. The van der Waals surface area contributed by atoms with Crippen LogP contribution >= 0.6 is 0 Å². The molecule has 0 amide bonds. The van der Waals surface area contributed by atoms with E-state index in [2.05, 4.69) is 6.07 Å². The second-order valence-electron chi connectivity index (χ2n) is 3.05. The quantitative estimate of drug-likeness (QED) is 0.614. The molecule has 1 aliphatic carbocycles. The molecule has 0 aromatic heterocycles. The molecule has 0 spiro atoms. The summed E-state index contributed by atoms with van der Waals surface area (Å²) in [5.41, 5.74) is 0.161. The third kappa shape index (κ3) is 1.81. The van der Waals surface area contributed by atoms with Gasteiger partial charge in [-0.2, -0.15) is 5.26 Å². The standard InChI is InChI=1S/C7H11NOS/c1-10(9)6-7(2-3-7)4-5-8/h2-4,6H2,1H3. The molecule has 1 fully saturated rings. The Morgan fingerprint density at radius 3 is 2.60 bits per heavy atom. The first-order valence-corrected chi connectivity index (χ1v) is 5.08. The fourth-order valence-corrected chi connectivity index (χ4v) is 2.40. The lowest BCUT2D eigenvalue weighted by Gasteiger charge is -2.06. The van der Waals surface area contributed by atoms with Gasteiger partial charge < -0.3 is 0 Å². The third-order valence-electron chi connectivity index (χ3n) is 1.92. The minimum Gasteiger partial charge on any atom is -0.260 e. The molecule has 0 aromatic rings. The lowest BCUT2D eigenvalue weighted by Crippen LogP contribution is -2.09. The largest absolute Gasteiger partial charge is 0.260 e. The van der Waals surface area contributed by atoms with Crippen LogP contribution in [0.5, 0.6) is 0 Å². The third-order valence-corrected chi connectivity index (χ3v) is 2.94. The molecule has 1 rings (SSSR count). The van der Waals surface area contributed by atoms with Crippen molar-refractivity contribution in [3.05, 3.63) is 0 Å². The maximum absolute atomic E-state index is 10.8. The first-order chi connectivity index (χ1) is 4.68. The summed E-state index contributed by atoms with van der Waals surface area (Å²) in [7, 11) is -0.725. The molecule has 0 bridgehead atoms. The van der Waals surface area contributed by atoms with Gasteiger partial charge in [-0.25, -0.2) is 0 Å². The van der Waals surface area contributed by atoms with E-state index in [4.69, 9.17) is 5.26 Å². The van der Waals surface area contributed by atoms with E-state index >= 15 is 0 Å². The summed E-state index contributed by atoms with van der Waals surface area (Å²) in [6.07, 6.45) is 4.49. The van der Waals surface area contributed by atoms with Crippen molar-refractivity contribution in [3.8, 4) is 6.07 Å². The average molecular weight is 157 g/mol. The summed E-state index contributed by atoms with van der Waals surface area (Å²) < 4.78 is 10.8. The Labute approximate surface area is 63.7 Å². The van der Waals surface area contributed by atoms with Gasteiger partial charge in [-0.15, -0.1) is 0 Å². The van der Waals surface area contributed by atoms with Crippen LogP contribution in [0.4, 0.5) is 0 Å². The van der Waals surface area contributed by atoms with Crippen LogP contribution in [0.1, 0.15) is 19.3 Å². The number of nitriles is 1. The summed E-state index contributed by atoms with van der Waals surface area (Å²) >= 11 is 0. The van der Waals surface area contributed by atoms with Crippen molar-refractivity contribution >= 4 is 10.8 Å². The Morgan fingerprint density at radius 1 is 1.70 bits per heavy atom. The molecule has 1 unspecified atom stereocenters. The minimum atomic E-state index is -0.725. The second kappa shape index (κ2) is 2.71. The van der Waals surface area contributed by atoms with E-state index in [1.54, 1.807) is 6.26 Å². The van der Waals surface area contributed by atoms with Gasteiger partial charge in [-0.05, 0) is 18.3 Å². The van der Waals surface area contributed by atoms with E-state index in [0.717, 1.165) is 18.6 Å². The summed E-state index contributed by atoms with van der Waals surface area (Å²) in [6.45, 7) is 0. The molecule has 0 aromatic carbocycles. The van der Waals surface area contributed by atoms with E-state index in [0.29, 0.717) is 6.42 Å². The SMILES string of the molecule is CS(=O)CC1(CC#N)CC1. The molecule has 0 radical (unpaired) electrons. The van der Waals surface area contributed by atoms with E-state index in [9.17, 15) is 4.21 Å². The van der Waals surface area contributed by atoms with Crippen molar-refractivity contribution in [2.75, 3.05) is 12.0 Å². The lowest BCUT2D eigenvalue weighted by atomic mass is 10.1. The Balaban J connectivity index is 2.39. The second-order valence-corrected chi connectivity index (χ2v) is 4.49. The predicted molar refractivity (Wildman–Crippen MR) is 40.8 cm³/mol. The number of rotatable bonds is 3. The number of hydrogen-bond acceptors (Lipinski definition) is 2. The van der Waals surface area contributed by atoms with Crippen molar-refractivity contribution in [1.29, 1.82) is 5.26 Å². The van der Waals surface area contributed by atoms with E-state index < -0.39 is 10.8 Å². The Morgan fingerprint density at radius 2 is 2.30 bits per heavy atom. The van der Waals surface area contributed by atoms with Gasteiger partial charge in [0, 0.05) is 29.2 Å². The molecule has 1 atom stereocenters. The molecule has 2 nitrogen and oxygen atoms in total. The van der Waals surface area contributed by atoms with Crippen LogP contribution in [0.3, 0.4) is 0 Å². The van der Waals surface area contributed by atoms with Gasteiger partial charge in [0.25, 0.3) is 0 Å². The van der Waals surface area contributed by atoms with E-state index in [1.165, 1.54) is 0 Å². The Hall–Kier alpha value is -0.360. The van der Waals surface area contributed by atoms with Gasteiger partial charge in [-0.1, -0.05) is 0 Å². The number of hydrogen-bond donors (Lipinski definition) is 0. The van der Waals surface area contributed by atoms with Crippen molar-refractivity contribution in [1.82, 2.24) is 0 Å². The Kier molecular flexibility index (Phi) is 2.10. The average Bonchev–Trinajstić information content (AvgIpc) is 2.47. The van der Waals surface area contributed by atoms with Crippen molar-refractivity contribution in [3.63, 3.8) is 0 Å². The molecule has 3 heteroatoms. The van der Waals surface area contributed by atoms with Gasteiger partial charge in [0.2, 0.25) is 0 Å². The highest BCUT2D eigenvalue weighted by atomic mass is 32.2. The highest BCUT2D eigenvalue weighted by Crippen LogP contribution is 2.48. The molecule has 0 aliphatic heterocycles. The zero-order chi connectivity index (χ0) is 7.61. The molecule has 10 heavy (non-hydrogen) atoms. The van der Waals surface area contributed by atoms with E-state index in [-0.39, 0.29) is 5.41 Å². The van der Waals surface area contributed by atoms with Gasteiger partial charge in [0.1, 0.15) is 0 Å². The van der Waals surface area contributed by atoms with Crippen LogP contribution in [-0.4, -0.2) is 16.2 Å². The van der Waals surface area contributed by atoms with Crippen molar-refractivity contribution in [2.24, 2.45) is 5.41 Å². The summed E-state index contributed by atoms with van der Waals surface area (Å²) in [4.78, 5) is 0. The highest BCUT2D eigenvalue weighted by Gasteiger charge is 2.42. The van der Waals surface area contributed by atoms with Crippen LogP contribution in [-0.2, 0) is 10.8 Å². The molecule has 56 valence electrons. The van der Waals surface area contributed by atoms with Gasteiger partial charge in [0.15, 0.2) is 0 Å². The normalized spacial score (nSPS) is 23.2. The Bertz CT molecular complexity index is 190. The topological polar surface area (TPSA) is 40.9 Å². The van der Waals surface area contributed by atoms with Crippen LogP contribution in [0.15, 0.2) is 0 Å². The number of nitrogens with zero attached hydrogens (tertiary/aromatic N) is 1.